The number of piperidine rings is 1. The first-order valence-electron chi connectivity index (χ1n) is 9.79. The molecule has 3 heterocycles. The molecule has 1 spiro atoms. The Labute approximate surface area is 158 Å². The van der Waals surface area contributed by atoms with Crippen LogP contribution in [0.1, 0.15) is 31.2 Å². The van der Waals surface area contributed by atoms with Crippen LogP contribution in [0.25, 0.3) is 0 Å². The molecule has 6 heteroatoms. The lowest BCUT2D eigenvalue weighted by molar-refractivity contribution is 0.105. The fraction of sp³-hybridized carbons (Fsp3) is 0.650. The number of nitrogens with one attached hydrogen (secondary N) is 1. The summed E-state index contributed by atoms with van der Waals surface area (Å²) in [5.74, 6) is 1.35. The summed E-state index contributed by atoms with van der Waals surface area (Å²) < 4.78 is 11.5. The van der Waals surface area contributed by atoms with Gasteiger partial charge in [-0.1, -0.05) is 30.3 Å². The molecule has 0 bridgehead atoms. The predicted molar refractivity (Wildman–Crippen MR) is 104 cm³/mol. The molecule has 2 unspecified atom stereocenters. The number of carbonyl (C=O) groups excluding carboxylic acids is 1. The summed E-state index contributed by atoms with van der Waals surface area (Å²) in [6.45, 7) is 5.01. The van der Waals surface area contributed by atoms with E-state index in [1.165, 1.54) is 18.4 Å². The van der Waals surface area contributed by atoms with Crippen molar-refractivity contribution in [2.45, 2.75) is 38.3 Å². The largest absolute Gasteiger partial charge is 0.334 e. The van der Waals surface area contributed by atoms with Crippen LogP contribution >= 0.6 is 0 Å². The van der Waals surface area contributed by atoms with Gasteiger partial charge in [0.25, 0.3) is 0 Å². The highest BCUT2D eigenvalue weighted by Gasteiger charge is 2.42. The molecular formula is C20H29N3O2S. The van der Waals surface area contributed by atoms with Crippen LogP contribution in [-0.2, 0) is 17.3 Å². The molecule has 0 aliphatic carbocycles. The van der Waals surface area contributed by atoms with Crippen molar-refractivity contribution >= 4 is 16.8 Å². The Kier molecular flexibility index (Phi) is 5.32. The second-order valence-corrected chi connectivity index (χ2v) is 9.80. The number of nitrogens with zero attached hydrogens (tertiary/aromatic N) is 2. The average molecular weight is 376 g/mol. The van der Waals surface area contributed by atoms with E-state index in [0.717, 1.165) is 51.3 Å². The van der Waals surface area contributed by atoms with Crippen molar-refractivity contribution in [2.24, 2.45) is 5.41 Å². The van der Waals surface area contributed by atoms with Gasteiger partial charge in [0.1, 0.15) is 0 Å². The van der Waals surface area contributed by atoms with Gasteiger partial charge in [-0.2, -0.15) is 0 Å². The third-order valence-electron chi connectivity index (χ3n) is 6.30. The van der Waals surface area contributed by atoms with Crippen molar-refractivity contribution in [1.29, 1.82) is 0 Å². The first kappa shape index (κ1) is 18.0. The Morgan fingerprint density at radius 1 is 1.15 bits per heavy atom. The summed E-state index contributed by atoms with van der Waals surface area (Å²) in [6, 6.07) is 10.8. The fourth-order valence-corrected chi connectivity index (χ4v) is 6.00. The molecule has 0 saturated carbocycles. The summed E-state index contributed by atoms with van der Waals surface area (Å²) in [6.07, 6.45) is 4.33. The minimum atomic E-state index is -0.741. The normalized spacial score (nSPS) is 28.5. The van der Waals surface area contributed by atoms with Crippen LogP contribution in [0.4, 0.5) is 4.79 Å². The number of urea groups is 1. The second-order valence-electron chi connectivity index (χ2n) is 8.18. The van der Waals surface area contributed by atoms with Gasteiger partial charge in [-0.25, -0.2) is 4.79 Å². The Balaban J connectivity index is 1.26. The third-order valence-corrected chi connectivity index (χ3v) is 7.77. The molecule has 2 atom stereocenters. The van der Waals surface area contributed by atoms with Gasteiger partial charge in [0.2, 0.25) is 0 Å². The Morgan fingerprint density at radius 2 is 1.88 bits per heavy atom. The molecule has 3 aliphatic rings. The minimum Gasteiger partial charge on any atom is -0.334 e. The summed E-state index contributed by atoms with van der Waals surface area (Å²) in [4.78, 5) is 17.1. The topological polar surface area (TPSA) is 52.7 Å². The van der Waals surface area contributed by atoms with Gasteiger partial charge >= 0.3 is 6.03 Å². The molecule has 142 valence electrons. The molecule has 2 amide bonds. The van der Waals surface area contributed by atoms with E-state index in [-0.39, 0.29) is 12.1 Å². The average Bonchev–Trinajstić information content (AvgIpc) is 3.25. The molecule has 3 fully saturated rings. The zero-order valence-corrected chi connectivity index (χ0v) is 16.2. The van der Waals surface area contributed by atoms with Crippen molar-refractivity contribution in [3.05, 3.63) is 35.9 Å². The minimum absolute atomic E-state index is 0.0532. The molecule has 1 aromatic carbocycles. The van der Waals surface area contributed by atoms with Crippen molar-refractivity contribution < 1.29 is 9.00 Å². The van der Waals surface area contributed by atoms with E-state index in [0.29, 0.717) is 11.2 Å². The van der Waals surface area contributed by atoms with Crippen molar-refractivity contribution in [1.82, 2.24) is 15.1 Å². The predicted octanol–water partition coefficient (Wildman–Crippen LogP) is 2.21. The molecule has 5 nitrogen and oxygen atoms in total. The molecule has 3 saturated heterocycles. The van der Waals surface area contributed by atoms with Gasteiger partial charge in [-0.05, 0) is 49.8 Å². The van der Waals surface area contributed by atoms with Gasteiger partial charge < -0.3 is 10.2 Å². The Hall–Kier alpha value is -1.40. The molecule has 3 aliphatic heterocycles. The lowest BCUT2D eigenvalue weighted by Gasteiger charge is -2.39. The van der Waals surface area contributed by atoms with E-state index < -0.39 is 10.8 Å². The number of rotatable bonds is 3. The quantitative estimate of drug-likeness (QED) is 0.881. The van der Waals surface area contributed by atoms with Crippen molar-refractivity contribution in [3.8, 4) is 0 Å². The lowest BCUT2D eigenvalue weighted by atomic mass is 9.77. The molecule has 26 heavy (non-hydrogen) atoms. The highest BCUT2D eigenvalue weighted by Crippen LogP contribution is 2.40. The maximum atomic E-state index is 12.5. The van der Waals surface area contributed by atoms with Crippen LogP contribution in [0, 0.1) is 5.41 Å². The smallest absolute Gasteiger partial charge is 0.317 e. The SMILES string of the molecule is O=C(NC1CCS(=O)C1)N1CCC2(CCN(Cc3ccccc3)CC2)C1. The number of likely N-dealkylation sites (tertiary alicyclic amines) is 2. The van der Waals surface area contributed by atoms with Gasteiger partial charge in [0.15, 0.2) is 0 Å². The van der Waals surface area contributed by atoms with Crippen LogP contribution in [0.15, 0.2) is 30.3 Å². The fourth-order valence-electron chi connectivity index (χ4n) is 4.59. The van der Waals surface area contributed by atoms with Crippen molar-refractivity contribution in [2.75, 3.05) is 37.7 Å². The lowest BCUT2D eigenvalue weighted by Crippen LogP contribution is -2.46. The maximum absolute atomic E-state index is 12.5. The molecule has 1 N–H and O–H groups in total. The van der Waals surface area contributed by atoms with Gasteiger partial charge in [0.05, 0.1) is 0 Å². The van der Waals surface area contributed by atoms with Crippen LogP contribution in [0.5, 0.6) is 0 Å². The molecule has 1 aromatic rings. The summed E-state index contributed by atoms with van der Waals surface area (Å²) in [5.41, 5.74) is 1.69. The van der Waals surface area contributed by atoms with Crippen LogP contribution < -0.4 is 5.32 Å². The first-order chi connectivity index (χ1) is 12.6. The van der Waals surface area contributed by atoms with Crippen LogP contribution in [-0.4, -0.2) is 63.8 Å². The highest BCUT2D eigenvalue weighted by atomic mass is 32.2. The third kappa shape index (κ3) is 4.12. The molecule has 4 rings (SSSR count). The number of amides is 2. The van der Waals surface area contributed by atoms with E-state index in [9.17, 15) is 9.00 Å². The standard InChI is InChI=1S/C20H29N3O2S/c24-19(21-18-6-13-26(25)15-18)23-12-9-20(16-23)7-10-22(11-8-20)14-17-4-2-1-3-5-17/h1-5,18H,6-16H2,(H,21,24). The van der Waals surface area contributed by atoms with E-state index in [4.69, 9.17) is 0 Å². The Morgan fingerprint density at radius 3 is 2.58 bits per heavy atom. The Bertz CT molecular complexity index is 658. The van der Waals surface area contributed by atoms with E-state index in [1.54, 1.807) is 0 Å². The number of benzene rings is 1. The summed E-state index contributed by atoms with van der Waals surface area (Å²) in [5, 5.41) is 3.10. The van der Waals surface area contributed by atoms with E-state index in [1.807, 2.05) is 4.90 Å². The van der Waals surface area contributed by atoms with Crippen LogP contribution in [0.2, 0.25) is 0 Å². The number of hydrogen-bond donors (Lipinski definition) is 1. The van der Waals surface area contributed by atoms with Gasteiger partial charge in [0, 0.05) is 48.0 Å². The van der Waals surface area contributed by atoms with Crippen LogP contribution in [0.3, 0.4) is 0 Å². The number of carbonyl (C=O) groups is 1. The monoisotopic (exact) mass is 375 g/mol. The highest BCUT2D eigenvalue weighted by molar-refractivity contribution is 7.85. The first-order valence-corrected chi connectivity index (χ1v) is 11.3. The van der Waals surface area contributed by atoms with Crippen molar-refractivity contribution in [3.63, 3.8) is 0 Å². The summed E-state index contributed by atoms with van der Waals surface area (Å²) in [7, 11) is -0.741. The maximum Gasteiger partial charge on any atom is 0.317 e. The molecular weight excluding hydrogens is 346 g/mol. The van der Waals surface area contributed by atoms with E-state index in [2.05, 4.69) is 40.5 Å². The zero-order valence-electron chi connectivity index (χ0n) is 15.4. The van der Waals surface area contributed by atoms with Gasteiger partial charge in [-0.15, -0.1) is 0 Å². The summed E-state index contributed by atoms with van der Waals surface area (Å²) >= 11 is 0. The number of hydrogen-bond acceptors (Lipinski definition) is 3. The van der Waals surface area contributed by atoms with Gasteiger partial charge in [-0.3, -0.25) is 9.11 Å². The van der Waals surface area contributed by atoms with E-state index >= 15 is 0 Å². The molecule has 0 radical (unpaired) electrons. The zero-order chi connectivity index (χ0) is 18.0. The second kappa shape index (κ2) is 7.69. The molecule has 0 aromatic heterocycles.